The molecule has 2 N–H and O–H groups in total. The molecule has 3 nitrogen and oxygen atoms in total. The van der Waals surface area contributed by atoms with Crippen LogP contribution in [0.1, 0.15) is 17.2 Å². The predicted octanol–water partition coefficient (Wildman–Crippen LogP) is 2.60. The highest BCUT2D eigenvalue weighted by Gasteiger charge is 2.07. The SMILES string of the molecule is Cc1ccc(NCC(O)c2ccsc2)nc1. The second-order valence-corrected chi connectivity index (χ2v) is 4.45. The molecule has 0 aliphatic heterocycles. The Balaban J connectivity index is 1.90. The zero-order valence-corrected chi connectivity index (χ0v) is 9.87. The molecule has 0 aliphatic rings. The lowest BCUT2D eigenvalue weighted by atomic mass is 10.2. The van der Waals surface area contributed by atoms with Gasteiger partial charge in [-0.3, -0.25) is 0 Å². The van der Waals surface area contributed by atoms with Gasteiger partial charge in [-0.25, -0.2) is 4.98 Å². The van der Waals surface area contributed by atoms with E-state index in [-0.39, 0.29) is 0 Å². The van der Waals surface area contributed by atoms with E-state index in [0.717, 1.165) is 16.9 Å². The summed E-state index contributed by atoms with van der Waals surface area (Å²) in [7, 11) is 0. The first-order chi connectivity index (χ1) is 7.75. The average molecular weight is 234 g/mol. The molecule has 2 aromatic heterocycles. The van der Waals surface area contributed by atoms with Crippen LogP contribution in [0, 0.1) is 6.92 Å². The van der Waals surface area contributed by atoms with Gasteiger partial charge in [0.15, 0.2) is 0 Å². The van der Waals surface area contributed by atoms with Crippen LogP contribution in [-0.4, -0.2) is 16.6 Å². The minimum absolute atomic E-state index is 0.477. The summed E-state index contributed by atoms with van der Waals surface area (Å²) < 4.78 is 0. The Kier molecular flexibility index (Phi) is 3.54. The molecule has 0 spiro atoms. The first-order valence-electron chi connectivity index (χ1n) is 5.12. The van der Waals surface area contributed by atoms with Crippen LogP contribution in [0.5, 0.6) is 0 Å². The van der Waals surface area contributed by atoms with E-state index < -0.39 is 6.10 Å². The van der Waals surface area contributed by atoms with Gasteiger partial charge in [0.25, 0.3) is 0 Å². The third kappa shape index (κ3) is 2.81. The lowest BCUT2D eigenvalue weighted by Gasteiger charge is -2.10. The molecule has 1 unspecified atom stereocenters. The van der Waals surface area contributed by atoms with Crippen molar-refractivity contribution in [3.63, 3.8) is 0 Å². The topological polar surface area (TPSA) is 45.1 Å². The number of aromatic nitrogens is 1. The lowest BCUT2D eigenvalue weighted by molar-refractivity contribution is 0.192. The van der Waals surface area contributed by atoms with Crippen LogP contribution >= 0.6 is 11.3 Å². The number of hydrogen-bond donors (Lipinski definition) is 2. The van der Waals surface area contributed by atoms with Crippen LogP contribution in [0.4, 0.5) is 5.82 Å². The maximum atomic E-state index is 9.84. The van der Waals surface area contributed by atoms with Crippen LogP contribution in [0.3, 0.4) is 0 Å². The molecule has 0 saturated carbocycles. The molecule has 0 saturated heterocycles. The molecule has 0 radical (unpaired) electrons. The highest BCUT2D eigenvalue weighted by Crippen LogP contribution is 2.16. The van der Waals surface area contributed by atoms with Crippen molar-refractivity contribution < 1.29 is 5.11 Å². The van der Waals surface area contributed by atoms with Crippen LogP contribution in [0.25, 0.3) is 0 Å². The number of nitrogens with one attached hydrogen (secondary N) is 1. The number of aliphatic hydroxyl groups excluding tert-OH is 1. The summed E-state index contributed by atoms with van der Waals surface area (Å²) in [5.74, 6) is 0.792. The van der Waals surface area contributed by atoms with Crippen LogP contribution in [-0.2, 0) is 0 Å². The van der Waals surface area contributed by atoms with Crippen molar-refractivity contribution in [2.24, 2.45) is 0 Å². The monoisotopic (exact) mass is 234 g/mol. The van der Waals surface area contributed by atoms with Gasteiger partial charge in [-0.05, 0) is 40.9 Å². The van der Waals surface area contributed by atoms with Crippen molar-refractivity contribution in [3.8, 4) is 0 Å². The predicted molar refractivity (Wildman–Crippen MR) is 66.7 cm³/mol. The zero-order valence-electron chi connectivity index (χ0n) is 9.05. The molecule has 1 atom stereocenters. The van der Waals surface area contributed by atoms with Gasteiger partial charge in [0.05, 0.1) is 6.10 Å². The number of pyridine rings is 1. The van der Waals surface area contributed by atoms with Gasteiger partial charge in [0, 0.05) is 12.7 Å². The molecule has 84 valence electrons. The van der Waals surface area contributed by atoms with Crippen molar-refractivity contribution in [3.05, 3.63) is 46.3 Å². The minimum Gasteiger partial charge on any atom is -0.387 e. The van der Waals surface area contributed by atoms with Crippen molar-refractivity contribution in [1.29, 1.82) is 0 Å². The highest BCUT2D eigenvalue weighted by atomic mass is 32.1. The largest absolute Gasteiger partial charge is 0.387 e. The summed E-state index contributed by atoms with van der Waals surface area (Å²) in [6, 6.07) is 5.83. The third-order valence-corrected chi connectivity index (χ3v) is 3.02. The normalized spacial score (nSPS) is 12.4. The van der Waals surface area contributed by atoms with Crippen LogP contribution in [0.15, 0.2) is 35.2 Å². The van der Waals surface area contributed by atoms with Gasteiger partial charge in [-0.2, -0.15) is 11.3 Å². The van der Waals surface area contributed by atoms with Gasteiger partial charge < -0.3 is 10.4 Å². The summed E-state index contributed by atoms with van der Waals surface area (Å²) in [4.78, 5) is 4.21. The third-order valence-electron chi connectivity index (χ3n) is 2.32. The Bertz CT molecular complexity index is 425. The number of aryl methyl sites for hydroxylation is 1. The van der Waals surface area contributed by atoms with Gasteiger partial charge >= 0.3 is 0 Å². The van der Waals surface area contributed by atoms with Crippen molar-refractivity contribution in [2.75, 3.05) is 11.9 Å². The van der Waals surface area contributed by atoms with Crippen LogP contribution < -0.4 is 5.32 Å². The molecule has 2 aromatic rings. The fourth-order valence-corrected chi connectivity index (χ4v) is 2.06. The maximum Gasteiger partial charge on any atom is 0.125 e. The van der Waals surface area contributed by atoms with E-state index in [9.17, 15) is 5.11 Å². The molecule has 0 aliphatic carbocycles. The molecular weight excluding hydrogens is 220 g/mol. The summed E-state index contributed by atoms with van der Waals surface area (Å²) >= 11 is 1.59. The molecular formula is C12H14N2OS. The molecule has 2 rings (SSSR count). The summed E-state index contributed by atoms with van der Waals surface area (Å²) in [6.07, 6.45) is 1.33. The number of rotatable bonds is 4. The molecule has 0 bridgehead atoms. The van der Waals surface area contributed by atoms with E-state index in [4.69, 9.17) is 0 Å². The Hall–Kier alpha value is -1.39. The molecule has 0 aromatic carbocycles. The van der Waals surface area contributed by atoms with Crippen molar-refractivity contribution in [1.82, 2.24) is 4.98 Å². The molecule has 4 heteroatoms. The summed E-state index contributed by atoms with van der Waals surface area (Å²) in [5, 5.41) is 16.9. The molecule has 2 heterocycles. The number of nitrogens with zero attached hydrogens (tertiary/aromatic N) is 1. The Morgan fingerprint density at radius 3 is 2.94 bits per heavy atom. The fourth-order valence-electron chi connectivity index (χ4n) is 1.36. The summed E-state index contributed by atoms with van der Waals surface area (Å²) in [6.45, 7) is 2.48. The number of hydrogen-bond acceptors (Lipinski definition) is 4. The maximum absolute atomic E-state index is 9.84. The van der Waals surface area contributed by atoms with E-state index in [1.165, 1.54) is 0 Å². The zero-order chi connectivity index (χ0) is 11.4. The van der Waals surface area contributed by atoms with Gasteiger partial charge in [0.1, 0.15) is 5.82 Å². The second-order valence-electron chi connectivity index (χ2n) is 3.67. The molecule has 0 amide bonds. The molecule has 16 heavy (non-hydrogen) atoms. The number of thiophene rings is 1. The summed E-state index contributed by atoms with van der Waals surface area (Å²) in [5.41, 5.74) is 2.08. The number of aliphatic hydroxyl groups is 1. The van der Waals surface area contributed by atoms with E-state index in [1.807, 2.05) is 35.9 Å². The Labute approximate surface area is 98.8 Å². The fraction of sp³-hybridized carbons (Fsp3) is 0.250. The number of anilines is 1. The quantitative estimate of drug-likeness (QED) is 0.854. The van der Waals surface area contributed by atoms with E-state index in [2.05, 4.69) is 10.3 Å². The molecule has 0 fully saturated rings. The van der Waals surface area contributed by atoms with E-state index >= 15 is 0 Å². The van der Waals surface area contributed by atoms with E-state index in [1.54, 1.807) is 17.5 Å². The van der Waals surface area contributed by atoms with Gasteiger partial charge in [-0.1, -0.05) is 6.07 Å². The first-order valence-corrected chi connectivity index (χ1v) is 6.06. The first kappa shape index (κ1) is 11.1. The van der Waals surface area contributed by atoms with E-state index in [0.29, 0.717) is 6.54 Å². The second kappa shape index (κ2) is 5.09. The average Bonchev–Trinajstić information content (AvgIpc) is 2.81. The minimum atomic E-state index is -0.477. The smallest absolute Gasteiger partial charge is 0.125 e. The lowest BCUT2D eigenvalue weighted by Crippen LogP contribution is -2.12. The highest BCUT2D eigenvalue weighted by molar-refractivity contribution is 7.07. The Morgan fingerprint density at radius 2 is 2.31 bits per heavy atom. The Morgan fingerprint density at radius 1 is 1.44 bits per heavy atom. The van der Waals surface area contributed by atoms with Gasteiger partial charge in [0.2, 0.25) is 0 Å². The van der Waals surface area contributed by atoms with Gasteiger partial charge in [-0.15, -0.1) is 0 Å². The van der Waals surface area contributed by atoms with Crippen molar-refractivity contribution in [2.45, 2.75) is 13.0 Å². The van der Waals surface area contributed by atoms with Crippen LogP contribution in [0.2, 0.25) is 0 Å². The van der Waals surface area contributed by atoms with Crippen molar-refractivity contribution >= 4 is 17.2 Å². The standard InChI is InChI=1S/C12H14N2OS/c1-9-2-3-12(13-6-9)14-7-11(15)10-4-5-16-8-10/h2-6,8,11,15H,7H2,1H3,(H,13,14).